The van der Waals surface area contributed by atoms with Gasteiger partial charge in [-0.05, 0) is 48.2 Å². The molecule has 3 nitrogen and oxygen atoms in total. The normalized spacial score (nSPS) is 19.0. The van der Waals surface area contributed by atoms with E-state index < -0.39 is 23.4 Å². The first-order valence-corrected chi connectivity index (χ1v) is 9.11. The molecular weight excluding hydrogens is 379 g/mol. The second-order valence-electron chi connectivity index (χ2n) is 6.97. The molecule has 2 N–H and O–H groups in total. The highest BCUT2D eigenvalue weighted by molar-refractivity contribution is 6.30. The van der Waals surface area contributed by atoms with Crippen molar-refractivity contribution in [1.29, 1.82) is 0 Å². The summed E-state index contributed by atoms with van der Waals surface area (Å²) in [5, 5.41) is 21.8. The van der Waals surface area contributed by atoms with Crippen LogP contribution in [0.4, 0.5) is 13.2 Å². The molecule has 7 heteroatoms. The number of alkyl halides is 3. The quantitative estimate of drug-likeness (QED) is 0.802. The van der Waals surface area contributed by atoms with Gasteiger partial charge in [-0.15, -0.1) is 0 Å². The Morgan fingerprint density at radius 3 is 2.07 bits per heavy atom. The summed E-state index contributed by atoms with van der Waals surface area (Å²) >= 11 is 5.85. The van der Waals surface area contributed by atoms with Gasteiger partial charge in [-0.1, -0.05) is 35.9 Å². The highest BCUT2D eigenvalue weighted by Gasteiger charge is 2.36. The number of rotatable bonds is 4. The van der Waals surface area contributed by atoms with Crippen molar-refractivity contribution in [1.82, 2.24) is 4.90 Å². The van der Waals surface area contributed by atoms with Crippen LogP contribution in [0, 0.1) is 0 Å². The van der Waals surface area contributed by atoms with Crippen molar-refractivity contribution in [2.24, 2.45) is 0 Å². The van der Waals surface area contributed by atoms with Crippen molar-refractivity contribution in [2.45, 2.75) is 30.7 Å². The third-order valence-electron chi connectivity index (χ3n) is 5.12. The summed E-state index contributed by atoms with van der Waals surface area (Å²) in [6, 6.07) is 11.7. The molecule has 3 rings (SSSR count). The molecule has 2 aromatic carbocycles. The molecule has 1 aliphatic rings. The van der Waals surface area contributed by atoms with E-state index in [1.165, 1.54) is 12.1 Å². The lowest BCUT2D eigenvalue weighted by molar-refractivity contribution is -0.137. The molecule has 0 aromatic heterocycles. The van der Waals surface area contributed by atoms with Gasteiger partial charge in [0, 0.05) is 24.7 Å². The van der Waals surface area contributed by atoms with E-state index in [-0.39, 0.29) is 0 Å². The maximum Gasteiger partial charge on any atom is 0.416 e. The highest BCUT2D eigenvalue weighted by atomic mass is 35.5. The van der Waals surface area contributed by atoms with Gasteiger partial charge in [0.25, 0.3) is 0 Å². The van der Waals surface area contributed by atoms with Crippen molar-refractivity contribution >= 4 is 11.6 Å². The van der Waals surface area contributed by atoms with E-state index in [9.17, 15) is 23.4 Å². The van der Waals surface area contributed by atoms with Crippen molar-refractivity contribution in [3.05, 3.63) is 70.2 Å². The minimum Gasteiger partial charge on any atom is -0.387 e. The van der Waals surface area contributed by atoms with Crippen LogP contribution in [0.5, 0.6) is 0 Å². The van der Waals surface area contributed by atoms with E-state index >= 15 is 0 Å². The molecule has 1 atom stereocenters. The van der Waals surface area contributed by atoms with E-state index in [1.807, 2.05) is 4.90 Å². The van der Waals surface area contributed by atoms with Crippen LogP contribution >= 0.6 is 11.6 Å². The molecule has 0 saturated carbocycles. The number of nitrogens with zero attached hydrogens (tertiary/aromatic N) is 1. The number of β-amino-alcohol motifs (C(OH)–C–C–N with tert-alkyl or cyclic N) is 1. The van der Waals surface area contributed by atoms with Gasteiger partial charge >= 0.3 is 6.18 Å². The smallest absolute Gasteiger partial charge is 0.387 e. The molecule has 1 saturated heterocycles. The van der Waals surface area contributed by atoms with Crippen LogP contribution in [0.3, 0.4) is 0 Å². The minimum absolute atomic E-state index is 0.395. The van der Waals surface area contributed by atoms with Crippen LogP contribution < -0.4 is 0 Å². The largest absolute Gasteiger partial charge is 0.416 e. The average Bonchev–Trinajstić information content (AvgIpc) is 2.64. The first-order valence-electron chi connectivity index (χ1n) is 8.73. The molecule has 0 amide bonds. The van der Waals surface area contributed by atoms with Crippen molar-refractivity contribution < 1.29 is 23.4 Å². The topological polar surface area (TPSA) is 43.7 Å². The lowest BCUT2D eigenvalue weighted by Gasteiger charge is -2.39. The lowest BCUT2D eigenvalue weighted by Crippen LogP contribution is -2.44. The monoisotopic (exact) mass is 399 g/mol. The van der Waals surface area contributed by atoms with Crippen LogP contribution in [0.2, 0.25) is 5.02 Å². The maximum absolute atomic E-state index is 12.7. The van der Waals surface area contributed by atoms with Crippen LogP contribution in [-0.2, 0) is 11.8 Å². The summed E-state index contributed by atoms with van der Waals surface area (Å²) in [6.07, 6.45) is -4.26. The zero-order valence-electron chi connectivity index (χ0n) is 14.6. The Balaban J connectivity index is 1.59. The number of halogens is 4. The van der Waals surface area contributed by atoms with Crippen LogP contribution in [0.15, 0.2) is 48.5 Å². The lowest BCUT2D eigenvalue weighted by atomic mass is 9.84. The van der Waals surface area contributed by atoms with Crippen LogP contribution in [0.25, 0.3) is 0 Å². The Morgan fingerprint density at radius 1 is 1.00 bits per heavy atom. The van der Waals surface area contributed by atoms with E-state index in [2.05, 4.69) is 0 Å². The predicted octanol–water partition coefficient (Wildman–Crippen LogP) is 4.38. The second-order valence-corrected chi connectivity index (χ2v) is 7.41. The van der Waals surface area contributed by atoms with Gasteiger partial charge in [0.2, 0.25) is 0 Å². The molecule has 27 heavy (non-hydrogen) atoms. The Kier molecular flexibility index (Phi) is 5.82. The van der Waals surface area contributed by atoms with Gasteiger partial charge in [-0.25, -0.2) is 0 Å². The van der Waals surface area contributed by atoms with Crippen molar-refractivity contribution in [3.8, 4) is 0 Å². The number of aliphatic hydroxyl groups excluding tert-OH is 1. The van der Waals surface area contributed by atoms with Crippen LogP contribution in [0.1, 0.15) is 35.6 Å². The number of hydrogen-bond donors (Lipinski definition) is 2. The molecule has 1 fully saturated rings. The van der Waals surface area contributed by atoms with Gasteiger partial charge in [-0.3, -0.25) is 0 Å². The fraction of sp³-hybridized carbons (Fsp3) is 0.400. The first kappa shape index (κ1) is 20.1. The highest BCUT2D eigenvalue weighted by Crippen LogP contribution is 2.36. The summed E-state index contributed by atoms with van der Waals surface area (Å²) in [5.74, 6) is 0. The molecule has 0 aliphatic carbocycles. The van der Waals surface area contributed by atoms with Crippen molar-refractivity contribution in [2.75, 3.05) is 19.6 Å². The van der Waals surface area contributed by atoms with Gasteiger partial charge in [0.1, 0.15) is 0 Å². The fourth-order valence-corrected chi connectivity index (χ4v) is 3.52. The molecule has 1 heterocycles. The van der Waals surface area contributed by atoms with E-state index in [1.54, 1.807) is 24.3 Å². The Bertz CT molecular complexity index is 754. The first-order chi connectivity index (χ1) is 12.7. The Hall–Kier alpha value is -1.60. The van der Waals surface area contributed by atoms with Gasteiger partial charge in [0.15, 0.2) is 0 Å². The number of aliphatic hydroxyl groups is 2. The second kappa shape index (κ2) is 7.80. The summed E-state index contributed by atoms with van der Waals surface area (Å²) in [7, 11) is 0. The number of hydrogen-bond acceptors (Lipinski definition) is 3. The number of piperidine rings is 1. The molecular formula is C20H21ClF3NO2. The standard InChI is InChI=1S/C20H21ClF3NO2/c21-17-7-1-14(2-8-17)18(26)13-25-11-9-19(27,10-12-25)15-3-5-16(6-4-15)20(22,23)24/h1-8,18,26-27H,9-13H2/t18-/m1/s1. The molecule has 0 radical (unpaired) electrons. The van der Waals surface area contributed by atoms with Gasteiger partial charge in [0.05, 0.1) is 17.3 Å². The van der Waals surface area contributed by atoms with E-state index in [4.69, 9.17) is 11.6 Å². The van der Waals surface area contributed by atoms with E-state index in [0.29, 0.717) is 43.1 Å². The zero-order chi connectivity index (χ0) is 19.7. The Labute approximate surface area is 161 Å². The number of likely N-dealkylation sites (tertiary alicyclic amines) is 1. The fourth-order valence-electron chi connectivity index (χ4n) is 3.40. The van der Waals surface area contributed by atoms with Crippen LogP contribution in [-0.4, -0.2) is 34.7 Å². The molecule has 146 valence electrons. The predicted molar refractivity (Wildman–Crippen MR) is 97.4 cm³/mol. The third-order valence-corrected chi connectivity index (χ3v) is 5.37. The third kappa shape index (κ3) is 4.82. The summed E-state index contributed by atoms with van der Waals surface area (Å²) in [5.41, 5.74) is -0.610. The van der Waals surface area contributed by atoms with Gasteiger partial charge < -0.3 is 15.1 Å². The summed E-state index contributed by atoms with van der Waals surface area (Å²) < 4.78 is 38.1. The number of benzene rings is 2. The minimum atomic E-state index is -4.39. The summed E-state index contributed by atoms with van der Waals surface area (Å²) in [4.78, 5) is 2.04. The molecule has 0 spiro atoms. The van der Waals surface area contributed by atoms with E-state index in [0.717, 1.165) is 17.7 Å². The SMILES string of the molecule is O[C@H](CN1CCC(O)(c2ccc(C(F)(F)F)cc2)CC1)c1ccc(Cl)cc1. The van der Waals surface area contributed by atoms with Gasteiger partial charge in [-0.2, -0.15) is 13.2 Å². The van der Waals surface area contributed by atoms with Crippen molar-refractivity contribution in [3.63, 3.8) is 0 Å². The molecule has 2 aromatic rings. The molecule has 1 aliphatic heterocycles. The maximum atomic E-state index is 12.7. The Morgan fingerprint density at radius 2 is 1.56 bits per heavy atom. The molecule has 0 unspecified atom stereocenters. The average molecular weight is 400 g/mol. The zero-order valence-corrected chi connectivity index (χ0v) is 15.3. The molecule has 0 bridgehead atoms. The summed E-state index contributed by atoms with van der Waals surface area (Å²) in [6.45, 7) is 1.51.